The minimum atomic E-state index is -0.561. The van der Waals surface area contributed by atoms with Gasteiger partial charge >= 0.3 is 0 Å². The third kappa shape index (κ3) is 2.46. The van der Waals surface area contributed by atoms with Crippen molar-refractivity contribution < 1.29 is 5.11 Å². The minimum absolute atomic E-state index is 0.561. The van der Waals surface area contributed by atoms with Crippen LogP contribution >= 0.6 is 15.9 Å². The zero-order valence-corrected chi connectivity index (χ0v) is 11.4. The molecule has 0 aliphatic carbocycles. The third-order valence-corrected chi connectivity index (χ3v) is 3.60. The SMILES string of the molecule is CCCC1(O)CN(c2ccc(Br)cc2C#N)C1. The molecule has 1 fully saturated rings. The standard InChI is InChI=1S/C13H15BrN2O/c1-2-5-13(17)8-16(9-13)12-4-3-11(14)6-10(12)7-15/h3-4,6,17H,2,5,8-9H2,1H3. The number of β-amino-alcohol motifs (C(OH)–C–C–N with tert-alkyl or cyclic N) is 1. The number of rotatable bonds is 3. The Morgan fingerprint density at radius 3 is 2.82 bits per heavy atom. The molecular weight excluding hydrogens is 280 g/mol. The second-order valence-electron chi connectivity index (χ2n) is 4.60. The van der Waals surface area contributed by atoms with Gasteiger partial charge < -0.3 is 10.0 Å². The van der Waals surface area contributed by atoms with Gasteiger partial charge in [0.1, 0.15) is 6.07 Å². The van der Waals surface area contributed by atoms with Gasteiger partial charge in [-0.2, -0.15) is 5.26 Å². The molecule has 0 spiro atoms. The largest absolute Gasteiger partial charge is 0.386 e. The highest BCUT2D eigenvalue weighted by atomic mass is 79.9. The predicted molar refractivity (Wildman–Crippen MR) is 70.9 cm³/mol. The van der Waals surface area contributed by atoms with Gasteiger partial charge in [0.15, 0.2) is 0 Å². The first-order valence-corrected chi connectivity index (χ1v) is 6.54. The molecule has 90 valence electrons. The molecule has 1 saturated heterocycles. The number of nitriles is 1. The summed E-state index contributed by atoms with van der Waals surface area (Å²) in [5.74, 6) is 0. The molecule has 0 atom stereocenters. The molecule has 3 nitrogen and oxygen atoms in total. The van der Waals surface area contributed by atoms with Crippen LogP contribution in [0, 0.1) is 11.3 Å². The lowest BCUT2D eigenvalue weighted by atomic mass is 9.88. The van der Waals surface area contributed by atoms with Crippen molar-refractivity contribution in [1.82, 2.24) is 0 Å². The summed E-state index contributed by atoms with van der Waals surface area (Å²) in [4.78, 5) is 2.06. The second-order valence-corrected chi connectivity index (χ2v) is 5.52. The van der Waals surface area contributed by atoms with Crippen LogP contribution in [0.3, 0.4) is 0 Å². The lowest BCUT2D eigenvalue weighted by Gasteiger charge is -2.48. The molecule has 4 heteroatoms. The molecule has 0 saturated carbocycles. The van der Waals surface area contributed by atoms with Crippen LogP contribution in [-0.4, -0.2) is 23.8 Å². The number of hydrogen-bond acceptors (Lipinski definition) is 3. The number of benzene rings is 1. The molecule has 1 heterocycles. The Kier molecular flexibility index (Phi) is 3.41. The van der Waals surface area contributed by atoms with Crippen molar-refractivity contribution in [2.75, 3.05) is 18.0 Å². The van der Waals surface area contributed by atoms with Crippen molar-refractivity contribution >= 4 is 21.6 Å². The summed E-state index contributed by atoms with van der Waals surface area (Å²) >= 11 is 3.35. The van der Waals surface area contributed by atoms with Crippen LogP contribution < -0.4 is 4.90 Å². The number of anilines is 1. The molecule has 1 aliphatic rings. The number of aliphatic hydroxyl groups is 1. The monoisotopic (exact) mass is 294 g/mol. The first kappa shape index (κ1) is 12.4. The Bertz CT molecular complexity index is 461. The Balaban J connectivity index is 2.14. The highest BCUT2D eigenvalue weighted by molar-refractivity contribution is 9.10. The first-order valence-electron chi connectivity index (χ1n) is 5.75. The van der Waals surface area contributed by atoms with Crippen LogP contribution in [0.2, 0.25) is 0 Å². The molecule has 17 heavy (non-hydrogen) atoms. The molecule has 1 N–H and O–H groups in total. The van der Waals surface area contributed by atoms with E-state index in [1.54, 1.807) is 0 Å². The van der Waals surface area contributed by atoms with Crippen LogP contribution in [0.1, 0.15) is 25.3 Å². The normalized spacial score (nSPS) is 17.4. The second kappa shape index (κ2) is 4.67. The van der Waals surface area contributed by atoms with Crippen molar-refractivity contribution in [1.29, 1.82) is 5.26 Å². The van der Waals surface area contributed by atoms with E-state index in [0.29, 0.717) is 18.7 Å². The fourth-order valence-electron chi connectivity index (χ4n) is 2.33. The van der Waals surface area contributed by atoms with Crippen molar-refractivity contribution in [3.05, 3.63) is 28.2 Å². The quantitative estimate of drug-likeness (QED) is 0.932. The van der Waals surface area contributed by atoms with E-state index in [2.05, 4.69) is 33.8 Å². The molecule has 2 rings (SSSR count). The summed E-state index contributed by atoms with van der Waals surface area (Å²) in [6.45, 7) is 3.31. The fourth-order valence-corrected chi connectivity index (χ4v) is 2.69. The highest BCUT2D eigenvalue weighted by Gasteiger charge is 2.40. The maximum Gasteiger partial charge on any atom is 0.101 e. The smallest absolute Gasteiger partial charge is 0.101 e. The van der Waals surface area contributed by atoms with Gasteiger partial charge in [0.25, 0.3) is 0 Å². The van der Waals surface area contributed by atoms with Crippen LogP contribution in [-0.2, 0) is 0 Å². The van der Waals surface area contributed by atoms with Gasteiger partial charge in [-0.3, -0.25) is 0 Å². The molecule has 0 unspecified atom stereocenters. The summed E-state index contributed by atoms with van der Waals surface area (Å²) in [7, 11) is 0. The van der Waals surface area contributed by atoms with Gasteiger partial charge in [0, 0.05) is 17.6 Å². The van der Waals surface area contributed by atoms with Crippen molar-refractivity contribution in [3.63, 3.8) is 0 Å². The number of nitrogens with zero attached hydrogens (tertiary/aromatic N) is 2. The highest BCUT2D eigenvalue weighted by Crippen LogP contribution is 2.33. The zero-order chi connectivity index (χ0) is 12.5. The molecule has 0 amide bonds. The Labute approximate surface area is 110 Å². The van der Waals surface area contributed by atoms with Gasteiger partial charge in [-0.25, -0.2) is 0 Å². The van der Waals surface area contributed by atoms with Gasteiger partial charge in [-0.1, -0.05) is 29.3 Å². The van der Waals surface area contributed by atoms with E-state index in [-0.39, 0.29) is 0 Å². The Morgan fingerprint density at radius 2 is 2.24 bits per heavy atom. The summed E-state index contributed by atoms with van der Waals surface area (Å²) < 4.78 is 0.905. The van der Waals surface area contributed by atoms with E-state index >= 15 is 0 Å². The Morgan fingerprint density at radius 1 is 1.53 bits per heavy atom. The molecule has 0 bridgehead atoms. The summed E-state index contributed by atoms with van der Waals surface area (Å²) in [5.41, 5.74) is 1.00. The molecular formula is C13H15BrN2O. The van der Waals surface area contributed by atoms with E-state index in [0.717, 1.165) is 23.0 Å². The van der Waals surface area contributed by atoms with E-state index < -0.39 is 5.60 Å². The van der Waals surface area contributed by atoms with Crippen molar-refractivity contribution in [3.8, 4) is 6.07 Å². The van der Waals surface area contributed by atoms with Crippen LogP contribution in [0.5, 0.6) is 0 Å². The maximum absolute atomic E-state index is 10.1. The van der Waals surface area contributed by atoms with Crippen molar-refractivity contribution in [2.45, 2.75) is 25.4 Å². The van der Waals surface area contributed by atoms with E-state index in [1.165, 1.54) is 0 Å². The lowest BCUT2D eigenvalue weighted by molar-refractivity contribution is 0.00338. The number of hydrogen-bond donors (Lipinski definition) is 1. The lowest BCUT2D eigenvalue weighted by Crippen LogP contribution is -2.62. The summed E-state index contributed by atoms with van der Waals surface area (Å²) in [6.07, 6.45) is 1.80. The average molecular weight is 295 g/mol. The number of halogens is 1. The molecule has 1 aliphatic heterocycles. The first-order chi connectivity index (χ1) is 8.08. The molecule has 0 aromatic heterocycles. The molecule has 1 aromatic rings. The summed E-state index contributed by atoms with van der Waals surface area (Å²) in [5, 5.41) is 19.2. The average Bonchev–Trinajstić information content (AvgIpc) is 2.26. The molecule has 0 radical (unpaired) electrons. The van der Waals surface area contributed by atoms with E-state index in [1.807, 2.05) is 18.2 Å². The van der Waals surface area contributed by atoms with E-state index in [9.17, 15) is 5.11 Å². The van der Waals surface area contributed by atoms with Crippen LogP contribution in [0.15, 0.2) is 22.7 Å². The third-order valence-electron chi connectivity index (χ3n) is 3.11. The fraction of sp³-hybridized carbons (Fsp3) is 0.462. The van der Waals surface area contributed by atoms with E-state index in [4.69, 9.17) is 5.26 Å². The van der Waals surface area contributed by atoms with Crippen LogP contribution in [0.4, 0.5) is 5.69 Å². The summed E-state index contributed by atoms with van der Waals surface area (Å²) in [6, 6.07) is 7.85. The van der Waals surface area contributed by atoms with Crippen molar-refractivity contribution in [2.24, 2.45) is 0 Å². The maximum atomic E-state index is 10.1. The predicted octanol–water partition coefficient (Wildman–Crippen LogP) is 2.67. The van der Waals surface area contributed by atoms with Gasteiger partial charge in [0.2, 0.25) is 0 Å². The Hall–Kier alpha value is -1.05. The minimum Gasteiger partial charge on any atom is -0.386 e. The zero-order valence-electron chi connectivity index (χ0n) is 9.78. The topological polar surface area (TPSA) is 47.3 Å². The van der Waals surface area contributed by atoms with Gasteiger partial charge in [0.05, 0.1) is 16.9 Å². The van der Waals surface area contributed by atoms with Crippen LogP contribution in [0.25, 0.3) is 0 Å². The van der Waals surface area contributed by atoms with Gasteiger partial charge in [-0.05, 0) is 24.6 Å². The molecule has 1 aromatic carbocycles. The van der Waals surface area contributed by atoms with Gasteiger partial charge in [-0.15, -0.1) is 0 Å².